The predicted molar refractivity (Wildman–Crippen MR) is 108 cm³/mol. The van der Waals surface area contributed by atoms with Crippen molar-refractivity contribution in [1.29, 1.82) is 0 Å². The first-order valence-corrected chi connectivity index (χ1v) is 11.8. The van der Waals surface area contributed by atoms with E-state index in [9.17, 15) is 13.2 Å². The minimum Gasteiger partial charge on any atom is -0.468 e. The molecule has 0 saturated heterocycles. The number of furan rings is 1. The van der Waals surface area contributed by atoms with Crippen molar-refractivity contribution in [2.45, 2.75) is 50.0 Å². The lowest BCUT2D eigenvalue weighted by Crippen LogP contribution is -2.51. The average Bonchev–Trinajstić information content (AvgIpc) is 3.19. The second-order valence-electron chi connectivity index (χ2n) is 9.08. The van der Waals surface area contributed by atoms with Crippen LogP contribution in [0.1, 0.15) is 44.3 Å². The van der Waals surface area contributed by atoms with Crippen LogP contribution in [0.4, 0.5) is 5.69 Å². The van der Waals surface area contributed by atoms with Crippen LogP contribution in [0.5, 0.6) is 0 Å². The molecule has 1 heterocycles. The third-order valence-corrected chi connectivity index (χ3v) is 8.34. The van der Waals surface area contributed by atoms with Gasteiger partial charge in [0.25, 0.3) is 0 Å². The molecule has 1 aromatic carbocycles. The number of benzene rings is 1. The summed E-state index contributed by atoms with van der Waals surface area (Å²) in [6.07, 6.45) is 8.28. The number of carbonyl (C=O) groups is 1. The summed E-state index contributed by atoms with van der Waals surface area (Å²) in [7, 11) is -3.70. The predicted octanol–water partition coefficient (Wildman–Crippen LogP) is 3.91. The Bertz CT molecular complexity index is 978. The Morgan fingerprint density at radius 1 is 1.03 bits per heavy atom. The first-order chi connectivity index (χ1) is 13.9. The fourth-order valence-electron chi connectivity index (χ4n) is 6.06. The lowest BCUT2D eigenvalue weighted by molar-refractivity contribution is -0.140. The molecule has 6 nitrogen and oxygen atoms in total. The first kappa shape index (κ1) is 18.9. The van der Waals surface area contributed by atoms with Gasteiger partial charge in [0, 0.05) is 5.69 Å². The zero-order valence-electron chi connectivity index (χ0n) is 16.3. The minimum atomic E-state index is -3.70. The van der Waals surface area contributed by atoms with Crippen LogP contribution in [0, 0.1) is 23.2 Å². The van der Waals surface area contributed by atoms with Gasteiger partial charge in [-0.25, -0.2) is 13.1 Å². The molecular weight excluding hydrogens is 388 g/mol. The molecule has 0 unspecified atom stereocenters. The maximum atomic E-state index is 13.2. The van der Waals surface area contributed by atoms with Gasteiger partial charge in [0.1, 0.15) is 5.76 Å². The largest absolute Gasteiger partial charge is 0.468 e. The van der Waals surface area contributed by atoms with Crippen molar-refractivity contribution in [2.24, 2.45) is 23.2 Å². The van der Waals surface area contributed by atoms with Gasteiger partial charge in [0.05, 0.1) is 23.1 Å². The normalized spacial score (nSPS) is 30.4. The molecule has 2 aromatic rings. The van der Waals surface area contributed by atoms with Crippen LogP contribution in [0.3, 0.4) is 0 Å². The fourth-order valence-corrected chi connectivity index (χ4v) is 7.09. The molecule has 4 bridgehead atoms. The molecule has 1 aromatic heterocycles. The van der Waals surface area contributed by atoms with Crippen molar-refractivity contribution in [3.63, 3.8) is 0 Å². The van der Waals surface area contributed by atoms with Crippen LogP contribution in [0.25, 0.3) is 0 Å². The third kappa shape index (κ3) is 3.62. The lowest BCUT2D eigenvalue weighted by Gasteiger charge is -2.55. The SMILES string of the molecule is O=C(Nc1cccc(S(=O)(=O)NCc2ccco2)c1)C12CC3CC(CC(C3)C1)C2. The van der Waals surface area contributed by atoms with Crippen molar-refractivity contribution < 1.29 is 17.6 Å². The molecule has 1 amide bonds. The Kier molecular flexibility index (Phi) is 4.55. The van der Waals surface area contributed by atoms with E-state index in [1.54, 1.807) is 24.3 Å². The van der Waals surface area contributed by atoms with Crippen molar-refractivity contribution in [3.8, 4) is 0 Å². The second-order valence-corrected chi connectivity index (χ2v) is 10.9. The quantitative estimate of drug-likeness (QED) is 0.750. The second kappa shape index (κ2) is 6.99. The highest BCUT2D eigenvalue weighted by Gasteiger charge is 2.54. The highest BCUT2D eigenvalue weighted by molar-refractivity contribution is 7.89. The molecule has 0 aliphatic heterocycles. The number of sulfonamides is 1. The van der Waals surface area contributed by atoms with Gasteiger partial charge in [0.15, 0.2) is 0 Å². The van der Waals surface area contributed by atoms with Crippen molar-refractivity contribution >= 4 is 21.6 Å². The number of carbonyl (C=O) groups excluding carboxylic acids is 1. The number of anilines is 1. The van der Waals surface area contributed by atoms with E-state index in [1.807, 2.05) is 0 Å². The molecule has 7 heteroatoms. The Morgan fingerprint density at radius 3 is 2.34 bits per heavy atom. The number of amides is 1. The van der Waals surface area contributed by atoms with Gasteiger partial charge < -0.3 is 9.73 Å². The summed E-state index contributed by atoms with van der Waals surface area (Å²) >= 11 is 0. The lowest BCUT2D eigenvalue weighted by atomic mass is 9.49. The van der Waals surface area contributed by atoms with E-state index in [1.165, 1.54) is 37.7 Å². The van der Waals surface area contributed by atoms with Crippen LogP contribution in [0.2, 0.25) is 0 Å². The maximum Gasteiger partial charge on any atom is 0.241 e. The number of hydrogen-bond acceptors (Lipinski definition) is 4. The summed E-state index contributed by atoms with van der Waals surface area (Å²) < 4.78 is 33.0. The summed E-state index contributed by atoms with van der Waals surface area (Å²) in [6, 6.07) is 9.91. The summed E-state index contributed by atoms with van der Waals surface area (Å²) in [5.74, 6) is 2.66. The van der Waals surface area contributed by atoms with Gasteiger partial charge in [0.2, 0.25) is 15.9 Å². The fraction of sp³-hybridized carbons (Fsp3) is 0.500. The third-order valence-electron chi connectivity index (χ3n) is 6.94. The summed E-state index contributed by atoms with van der Waals surface area (Å²) in [4.78, 5) is 13.4. The van der Waals surface area contributed by atoms with Crippen LogP contribution in [0.15, 0.2) is 52.0 Å². The maximum absolute atomic E-state index is 13.2. The number of nitrogens with one attached hydrogen (secondary N) is 2. The van der Waals surface area contributed by atoms with Gasteiger partial charge in [-0.1, -0.05) is 6.07 Å². The van der Waals surface area contributed by atoms with E-state index >= 15 is 0 Å². The Balaban J connectivity index is 1.30. The van der Waals surface area contributed by atoms with Crippen LogP contribution in [-0.2, 0) is 21.4 Å². The molecule has 0 atom stereocenters. The van der Waals surface area contributed by atoms with Gasteiger partial charge in [-0.2, -0.15) is 0 Å². The van der Waals surface area contributed by atoms with Crippen LogP contribution >= 0.6 is 0 Å². The molecule has 4 saturated carbocycles. The van der Waals surface area contributed by atoms with E-state index in [4.69, 9.17) is 4.42 Å². The Hall–Kier alpha value is -2.12. The van der Waals surface area contributed by atoms with Crippen LogP contribution in [-0.4, -0.2) is 14.3 Å². The van der Waals surface area contributed by atoms with Crippen molar-refractivity contribution in [3.05, 3.63) is 48.4 Å². The number of rotatable bonds is 6. The molecule has 6 rings (SSSR count). The van der Waals surface area contributed by atoms with E-state index < -0.39 is 10.0 Å². The molecule has 154 valence electrons. The Morgan fingerprint density at radius 2 is 1.72 bits per heavy atom. The number of hydrogen-bond donors (Lipinski definition) is 2. The molecule has 4 aliphatic carbocycles. The van der Waals surface area contributed by atoms with E-state index in [-0.39, 0.29) is 22.8 Å². The van der Waals surface area contributed by atoms with Gasteiger partial charge in [-0.15, -0.1) is 0 Å². The smallest absolute Gasteiger partial charge is 0.241 e. The molecule has 0 spiro atoms. The monoisotopic (exact) mass is 414 g/mol. The topological polar surface area (TPSA) is 88.4 Å². The summed E-state index contributed by atoms with van der Waals surface area (Å²) in [6.45, 7) is 0.0825. The van der Waals surface area contributed by atoms with E-state index in [0.717, 1.165) is 19.3 Å². The molecular formula is C22H26N2O4S. The zero-order chi connectivity index (χ0) is 20.1. The minimum absolute atomic E-state index is 0.0645. The summed E-state index contributed by atoms with van der Waals surface area (Å²) in [5, 5.41) is 3.03. The molecule has 4 fully saturated rings. The molecule has 29 heavy (non-hydrogen) atoms. The molecule has 0 radical (unpaired) electrons. The average molecular weight is 415 g/mol. The first-order valence-electron chi connectivity index (χ1n) is 10.4. The van der Waals surface area contributed by atoms with Crippen LogP contribution < -0.4 is 10.0 Å². The van der Waals surface area contributed by atoms with E-state index in [2.05, 4.69) is 10.0 Å². The molecule has 4 aliphatic rings. The van der Waals surface area contributed by atoms with E-state index in [0.29, 0.717) is 29.2 Å². The standard InChI is InChI=1S/C22H26N2O4S/c25-21(22-11-15-7-16(12-22)9-17(8-15)13-22)24-18-3-1-5-20(10-18)29(26,27)23-14-19-4-2-6-28-19/h1-6,10,15-17,23H,7-9,11-14H2,(H,24,25). The van der Waals surface area contributed by atoms with Gasteiger partial charge in [-0.3, -0.25) is 4.79 Å². The molecule has 2 N–H and O–H groups in total. The summed E-state index contributed by atoms with van der Waals surface area (Å²) in [5.41, 5.74) is 0.271. The van der Waals surface area contributed by atoms with Crippen molar-refractivity contribution in [2.75, 3.05) is 5.32 Å². The highest BCUT2D eigenvalue weighted by Crippen LogP contribution is 2.60. The van der Waals surface area contributed by atoms with Crippen molar-refractivity contribution in [1.82, 2.24) is 4.72 Å². The Labute approximate surface area is 171 Å². The van der Waals surface area contributed by atoms with Gasteiger partial charge >= 0.3 is 0 Å². The zero-order valence-corrected chi connectivity index (χ0v) is 17.1. The highest BCUT2D eigenvalue weighted by atomic mass is 32.2. The van der Waals surface area contributed by atoms with Gasteiger partial charge in [-0.05, 0) is 86.6 Å².